The molecule has 0 spiro atoms. The van der Waals surface area contributed by atoms with Crippen molar-refractivity contribution < 1.29 is 0 Å². The number of rotatable bonds is 2. The Morgan fingerprint density at radius 1 is 1.16 bits per heavy atom. The summed E-state index contributed by atoms with van der Waals surface area (Å²) in [6.45, 7) is 1.98. The first kappa shape index (κ1) is 12.9. The first-order valence-electron chi connectivity index (χ1n) is 5.86. The highest BCUT2D eigenvalue weighted by molar-refractivity contribution is 14.1. The normalized spacial score (nSPS) is 11.1. The molecule has 96 valence electrons. The molecule has 3 aromatic rings. The molecule has 0 unspecified atom stereocenters. The van der Waals surface area contributed by atoms with Gasteiger partial charge >= 0.3 is 0 Å². The predicted molar refractivity (Wildman–Crippen MR) is 85.9 cm³/mol. The van der Waals surface area contributed by atoms with Crippen molar-refractivity contribution in [2.24, 2.45) is 0 Å². The highest BCUT2D eigenvalue weighted by Crippen LogP contribution is 2.24. The van der Waals surface area contributed by atoms with E-state index in [1.54, 1.807) is 0 Å². The van der Waals surface area contributed by atoms with E-state index in [2.05, 4.69) is 44.7 Å². The van der Waals surface area contributed by atoms with Crippen molar-refractivity contribution in [2.75, 3.05) is 0 Å². The smallest absolute Gasteiger partial charge is 0.164 e. The number of aryl methyl sites for hydroxylation is 1. The molecule has 0 fully saturated rings. The number of pyridine rings is 1. The number of aromatic nitrogens is 3. The minimum absolute atomic E-state index is 0.361. The van der Waals surface area contributed by atoms with Crippen LogP contribution in [0.25, 0.3) is 16.9 Å². The zero-order valence-electron chi connectivity index (χ0n) is 10.3. The van der Waals surface area contributed by atoms with E-state index in [1.165, 1.54) is 0 Å². The fourth-order valence-corrected chi connectivity index (χ4v) is 2.88. The quantitative estimate of drug-likeness (QED) is 0.493. The highest BCUT2D eigenvalue weighted by Gasteiger charge is 2.14. The summed E-state index contributed by atoms with van der Waals surface area (Å²) in [5.74, 6) is 1.18. The van der Waals surface area contributed by atoms with Crippen molar-refractivity contribution in [3.63, 3.8) is 0 Å². The number of fused-ring (bicyclic) bond motifs is 1. The fourth-order valence-electron chi connectivity index (χ4n) is 2.07. The van der Waals surface area contributed by atoms with Crippen LogP contribution < -0.4 is 0 Å². The minimum atomic E-state index is 0.361. The van der Waals surface area contributed by atoms with Gasteiger partial charge in [0.2, 0.25) is 0 Å². The third-order valence-electron chi connectivity index (χ3n) is 2.93. The van der Waals surface area contributed by atoms with Crippen LogP contribution in [0.2, 0.25) is 0 Å². The fraction of sp³-hybridized carbons (Fsp3) is 0.143. The summed E-state index contributed by atoms with van der Waals surface area (Å²) in [5, 5.41) is 0. The maximum absolute atomic E-state index is 6.03. The molecule has 2 heterocycles. The second-order valence-corrected chi connectivity index (χ2v) is 5.67. The summed E-state index contributed by atoms with van der Waals surface area (Å²) in [5.41, 5.74) is 3.78. The first-order chi connectivity index (χ1) is 9.20. The van der Waals surface area contributed by atoms with Gasteiger partial charge in [0.25, 0.3) is 0 Å². The number of halogens is 2. The molecule has 2 aromatic heterocycles. The zero-order chi connectivity index (χ0) is 13.4. The van der Waals surface area contributed by atoms with Gasteiger partial charge in [-0.1, -0.05) is 12.1 Å². The lowest BCUT2D eigenvalue weighted by Crippen LogP contribution is -2.02. The van der Waals surface area contributed by atoms with E-state index < -0.39 is 0 Å². The van der Waals surface area contributed by atoms with Crippen molar-refractivity contribution in [2.45, 2.75) is 12.8 Å². The van der Waals surface area contributed by atoms with E-state index in [-0.39, 0.29) is 0 Å². The molecule has 1 aromatic carbocycles. The monoisotopic (exact) mass is 383 g/mol. The molecular weight excluding hydrogens is 373 g/mol. The third kappa shape index (κ3) is 2.23. The third-order valence-corrected chi connectivity index (χ3v) is 4.08. The van der Waals surface area contributed by atoms with Crippen molar-refractivity contribution in [3.05, 3.63) is 51.5 Å². The molecule has 0 amide bonds. The maximum Gasteiger partial charge on any atom is 0.164 e. The topological polar surface area (TPSA) is 30.7 Å². The van der Waals surface area contributed by atoms with Crippen LogP contribution >= 0.6 is 34.2 Å². The second-order valence-electron chi connectivity index (χ2n) is 4.24. The Morgan fingerprint density at radius 2 is 1.95 bits per heavy atom. The second kappa shape index (κ2) is 5.09. The van der Waals surface area contributed by atoms with Crippen LogP contribution in [0, 0.1) is 10.5 Å². The largest absolute Gasteiger partial charge is 0.279 e. The molecule has 0 bridgehead atoms. The van der Waals surface area contributed by atoms with Crippen LogP contribution in [-0.2, 0) is 5.88 Å². The summed E-state index contributed by atoms with van der Waals surface area (Å²) in [7, 11) is 0. The lowest BCUT2D eigenvalue weighted by atomic mass is 10.3. The molecule has 3 rings (SSSR count). The van der Waals surface area contributed by atoms with Gasteiger partial charge in [-0.15, -0.1) is 11.6 Å². The number of imidazole rings is 1. The van der Waals surface area contributed by atoms with E-state index in [9.17, 15) is 0 Å². The van der Waals surface area contributed by atoms with E-state index >= 15 is 0 Å². The lowest BCUT2D eigenvalue weighted by Gasteiger charge is -2.09. The Balaban J connectivity index is 2.38. The molecule has 19 heavy (non-hydrogen) atoms. The molecule has 0 aliphatic rings. The van der Waals surface area contributed by atoms with Gasteiger partial charge in [-0.05, 0) is 53.8 Å². The summed E-state index contributed by atoms with van der Waals surface area (Å²) in [4.78, 5) is 9.16. The van der Waals surface area contributed by atoms with Gasteiger partial charge < -0.3 is 0 Å². The number of alkyl halides is 1. The Morgan fingerprint density at radius 3 is 2.68 bits per heavy atom. The van der Waals surface area contributed by atoms with E-state index in [1.807, 2.05) is 35.8 Å². The number of para-hydroxylation sites is 1. The van der Waals surface area contributed by atoms with E-state index in [4.69, 9.17) is 11.6 Å². The van der Waals surface area contributed by atoms with Gasteiger partial charge in [-0.25, -0.2) is 9.97 Å². The van der Waals surface area contributed by atoms with Crippen molar-refractivity contribution in [1.29, 1.82) is 0 Å². The summed E-state index contributed by atoms with van der Waals surface area (Å²) in [6.07, 6.45) is 0. The van der Waals surface area contributed by atoms with Crippen LogP contribution in [0.15, 0.2) is 36.4 Å². The number of hydrogen-bond donors (Lipinski definition) is 0. The Hall–Kier alpha value is -1.14. The molecular formula is C14H11ClIN3. The number of nitrogens with zero attached hydrogens (tertiary/aromatic N) is 3. The molecule has 0 N–H and O–H groups in total. The van der Waals surface area contributed by atoms with Crippen LogP contribution in [0.5, 0.6) is 0 Å². The summed E-state index contributed by atoms with van der Waals surface area (Å²) >= 11 is 8.35. The van der Waals surface area contributed by atoms with Gasteiger partial charge in [0, 0.05) is 9.26 Å². The van der Waals surface area contributed by atoms with Crippen LogP contribution in [0.3, 0.4) is 0 Å². The first-order valence-corrected chi connectivity index (χ1v) is 7.48. The van der Waals surface area contributed by atoms with E-state index in [0.717, 1.165) is 31.9 Å². The molecule has 0 saturated heterocycles. The van der Waals surface area contributed by atoms with E-state index in [0.29, 0.717) is 5.88 Å². The molecule has 5 heteroatoms. The molecule has 3 nitrogen and oxygen atoms in total. The summed E-state index contributed by atoms with van der Waals surface area (Å²) < 4.78 is 3.19. The number of benzene rings is 1. The van der Waals surface area contributed by atoms with Crippen LogP contribution in [0.1, 0.15) is 11.5 Å². The Labute approximate surface area is 129 Å². The van der Waals surface area contributed by atoms with Gasteiger partial charge in [0.1, 0.15) is 11.3 Å². The van der Waals surface area contributed by atoms with Crippen molar-refractivity contribution in [1.82, 2.24) is 14.5 Å². The number of hydrogen-bond acceptors (Lipinski definition) is 2. The van der Waals surface area contributed by atoms with Gasteiger partial charge in [0.05, 0.1) is 11.6 Å². The molecule has 0 aliphatic heterocycles. The average molecular weight is 384 g/mol. The zero-order valence-corrected chi connectivity index (χ0v) is 13.2. The molecule has 0 saturated carbocycles. The average Bonchev–Trinajstić information content (AvgIpc) is 2.77. The van der Waals surface area contributed by atoms with Crippen LogP contribution in [-0.4, -0.2) is 14.5 Å². The van der Waals surface area contributed by atoms with Gasteiger partial charge in [0.15, 0.2) is 5.65 Å². The van der Waals surface area contributed by atoms with Crippen molar-refractivity contribution in [3.8, 4) is 5.69 Å². The van der Waals surface area contributed by atoms with Crippen molar-refractivity contribution >= 4 is 45.4 Å². The minimum Gasteiger partial charge on any atom is -0.279 e. The maximum atomic E-state index is 6.03. The van der Waals surface area contributed by atoms with Gasteiger partial charge in [-0.2, -0.15) is 0 Å². The van der Waals surface area contributed by atoms with Gasteiger partial charge in [-0.3, -0.25) is 4.57 Å². The lowest BCUT2D eigenvalue weighted by molar-refractivity contribution is 0.961. The predicted octanol–water partition coefficient (Wildman–Crippen LogP) is 4.07. The SMILES string of the molecule is Cc1ccc2nc(CCl)n(-c3ccccc3I)c2n1. The Kier molecular flexibility index (Phi) is 3.45. The molecule has 0 radical (unpaired) electrons. The molecule has 0 atom stereocenters. The molecule has 0 aliphatic carbocycles. The summed E-state index contributed by atoms with van der Waals surface area (Å²) in [6, 6.07) is 12.1. The highest BCUT2D eigenvalue weighted by atomic mass is 127. The van der Waals surface area contributed by atoms with Crippen LogP contribution in [0.4, 0.5) is 0 Å². The standard InChI is InChI=1S/C14H11ClIN3/c1-9-6-7-11-14(17-9)19(13(8-15)18-11)12-5-3-2-4-10(12)16/h2-7H,8H2,1H3. The Bertz CT molecular complexity index is 752.